The van der Waals surface area contributed by atoms with Crippen LogP contribution in [0.3, 0.4) is 0 Å². The van der Waals surface area contributed by atoms with Crippen molar-refractivity contribution in [2.45, 2.75) is 17.8 Å². The largest absolute Gasteiger partial charge is 0.491 e. The molecule has 4 N–H and O–H groups in total. The third kappa shape index (κ3) is 3.63. The maximum Gasteiger partial charge on any atom is 0.227 e. The summed E-state index contributed by atoms with van der Waals surface area (Å²) in [5.74, 6) is 0.745. The highest BCUT2D eigenvalue weighted by atomic mass is 19.1. The highest BCUT2D eigenvalue weighted by Gasteiger charge is 2.60. The molecule has 1 unspecified atom stereocenters. The van der Waals surface area contributed by atoms with Gasteiger partial charge in [0.25, 0.3) is 0 Å². The smallest absolute Gasteiger partial charge is 0.227 e. The summed E-state index contributed by atoms with van der Waals surface area (Å²) < 4.78 is 25.2. The van der Waals surface area contributed by atoms with Gasteiger partial charge >= 0.3 is 0 Å². The van der Waals surface area contributed by atoms with Crippen LogP contribution < -0.4 is 21.1 Å². The second kappa shape index (κ2) is 7.70. The van der Waals surface area contributed by atoms with Crippen molar-refractivity contribution in [2.24, 2.45) is 0 Å². The summed E-state index contributed by atoms with van der Waals surface area (Å²) in [4.78, 5) is 8.65. The number of fused-ring (bicyclic) bond motifs is 2. The minimum Gasteiger partial charge on any atom is -0.491 e. The quantitative estimate of drug-likeness (QED) is 0.394. The average molecular weight is 421 g/mol. The van der Waals surface area contributed by atoms with Crippen LogP contribution in [0.5, 0.6) is 5.75 Å². The first kappa shape index (κ1) is 19.6. The maximum absolute atomic E-state index is 14.7. The third-order valence-electron chi connectivity index (χ3n) is 6.02. The summed E-state index contributed by atoms with van der Waals surface area (Å²) in [7, 11) is 1.63. The van der Waals surface area contributed by atoms with Crippen molar-refractivity contribution in [3.05, 3.63) is 65.7 Å². The first-order valence-electron chi connectivity index (χ1n) is 10.2. The third-order valence-corrected chi connectivity index (χ3v) is 6.02. The molecule has 8 heteroatoms. The highest BCUT2D eigenvalue weighted by molar-refractivity contribution is 5.69. The van der Waals surface area contributed by atoms with E-state index in [2.05, 4.69) is 20.6 Å². The number of anilines is 4. The number of ether oxygens (including phenoxy) is 2. The van der Waals surface area contributed by atoms with E-state index in [0.29, 0.717) is 24.9 Å². The summed E-state index contributed by atoms with van der Waals surface area (Å²) in [5, 5.41) is 6.56. The van der Waals surface area contributed by atoms with E-state index in [0.717, 1.165) is 35.8 Å². The van der Waals surface area contributed by atoms with Crippen LogP contribution in [0.15, 0.2) is 48.7 Å². The molecular weight excluding hydrogens is 397 g/mol. The highest BCUT2D eigenvalue weighted by Crippen LogP contribution is 2.64. The predicted molar refractivity (Wildman–Crippen MR) is 117 cm³/mol. The number of rotatable bonds is 7. The summed E-state index contributed by atoms with van der Waals surface area (Å²) >= 11 is 0. The summed E-state index contributed by atoms with van der Waals surface area (Å²) in [6, 6.07) is 13.3. The number of nitrogens with zero attached hydrogens (tertiary/aromatic N) is 2. The SMILES string of the molecule is COCCOc1ccc(Nc2ncc(F)c(C3C[C@@]34CNc3cc(N)ccc34)n2)cc1. The Morgan fingerprint density at radius 1 is 1.23 bits per heavy atom. The van der Waals surface area contributed by atoms with Crippen LogP contribution in [-0.2, 0) is 10.2 Å². The van der Waals surface area contributed by atoms with Crippen LogP contribution in [0.25, 0.3) is 0 Å². The van der Waals surface area contributed by atoms with Crippen LogP contribution >= 0.6 is 0 Å². The van der Waals surface area contributed by atoms with Crippen LogP contribution in [-0.4, -0.2) is 36.8 Å². The van der Waals surface area contributed by atoms with Crippen LogP contribution in [0, 0.1) is 5.82 Å². The zero-order valence-electron chi connectivity index (χ0n) is 17.2. The zero-order valence-corrected chi connectivity index (χ0v) is 17.2. The Bertz CT molecular complexity index is 1110. The van der Waals surface area contributed by atoms with Crippen LogP contribution in [0.2, 0.25) is 0 Å². The fourth-order valence-corrected chi connectivity index (χ4v) is 4.34. The minimum absolute atomic E-state index is 0.00462. The Morgan fingerprint density at radius 2 is 2.06 bits per heavy atom. The van der Waals surface area contributed by atoms with E-state index in [4.69, 9.17) is 15.2 Å². The normalized spacial score (nSPS) is 20.9. The topological polar surface area (TPSA) is 94.3 Å². The molecule has 1 aliphatic carbocycles. The lowest BCUT2D eigenvalue weighted by Crippen LogP contribution is -2.14. The van der Waals surface area contributed by atoms with Gasteiger partial charge in [0.2, 0.25) is 5.95 Å². The first-order chi connectivity index (χ1) is 15.1. The number of aromatic nitrogens is 2. The monoisotopic (exact) mass is 421 g/mol. The number of nitrogens with two attached hydrogens (primary N) is 1. The van der Waals surface area contributed by atoms with Crippen molar-refractivity contribution in [3.8, 4) is 5.75 Å². The predicted octanol–water partition coefficient (Wildman–Crippen LogP) is 3.82. The number of nitrogens with one attached hydrogen (secondary N) is 2. The molecule has 0 saturated heterocycles. The lowest BCUT2D eigenvalue weighted by Gasteiger charge is -2.12. The molecule has 7 nitrogen and oxygen atoms in total. The molecule has 0 amide bonds. The second-order valence-corrected chi connectivity index (χ2v) is 7.99. The molecule has 2 atom stereocenters. The van der Waals surface area contributed by atoms with Crippen molar-refractivity contribution in [1.29, 1.82) is 0 Å². The van der Waals surface area contributed by atoms with Gasteiger partial charge in [0, 0.05) is 42.0 Å². The maximum atomic E-state index is 14.7. The molecule has 0 radical (unpaired) electrons. The van der Waals surface area contributed by atoms with E-state index < -0.39 is 0 Å². The molecule has 3 aromatic rings. The molecule has 2 aromatic carbocycles. The molecule has 1 aromatic heterocycles. The van der Waals surface area contributed by atoms with E-state index in [-0.39, 0.29) is 17.2 Å². The van der Waals surface area contributed by atoms with Gasteiger partial charge in [-0.3, -0.25) is 0 Å². The van der Waals surface area contributed by atoms with Gasteiger partial charge in [0.15, 0.2) is 5.82 Å². The molecule has 1 saturated carbocycles. The molecule has 31 heavy (non-hydrogen) atoms. The first-order valence-corrected chi connectivity index (χ1v) is 10.2. The number of nitrogen functional groups attached to an aromatic ring is 1. The van der Waals surface area contributed by atoms with Crippen molar-refractivity contribution >= 4 is 23.0 Å². The number of benzene rings is 2. The molecule has 160 valence electrons. The van der Waals surface area contributed by atoms with Crippen LogP contribution in [0.4, 0.5) is 27.4 Å². The molecule has 1 fully saturated rings. The molecule has 0 bridgehead atoms. The van der Waals surface area contributed by atoms with E-state index in [9.17, 15) is 4.39 Å². The van der Waals surface area contributed by atoms with Gasteiger partial charge in [-0.15, -0.1) is 0 Å². The Morgan fingerprint density at radius 3 is 2.87 bits per heavy atom. The second-order valence-electron chi connectivity index (χ2n) is 7.99. The zero-order chi connectivity index (χ0) is 21.4. The fourth-order valence-electron chi connectivity index (χ4n) is 4.34. The fraction of sp³-hybridized carbons (Fsp3) is 0.304. The van der Waals surface area contributed by atoms with Crippen molar-refractivity contribution in [2.75, 3.05) is 43.2 Å². The lowest BCUT2D eigenvalue weighted by molar-refractivity contribution is 0.146. The van der Waals surface area contributed by atoms with Gasteiger partial charge in [0.05, 0.1) is 18.5 Å². The molecular formula is C23H24FN5O2. The molecule has 5 rings (SSSR count). The van der Waals surface area contributed by atoms with Gasteiger partial charge in [-0.05, 0) is 48.4 Å². The van der Waals surface area contributed by atoms with Gasteiger partial charge in [0.1, 0.15) is 12.4 Å². The van der Waals surface area contributed by atoms with Crippen molar-refractivity contribution < 1.29 is 13.9 Å². The van der Waals surface area contributed by atoms with E-state index in [1.807, 2.05) is 42.5 Å². The lowest BCUT2D eigenvalue weighted by atomic mass is 9.94. The molecule has 1 spiro atoms. The number of hydrogen-bond acceptors (Lipinski definition) is 7. The molecule has 2 aliphatic rings. The van der Waals surface area contributed by atoms with Gasteiger partial charge in [-0.1, -0.05) is 6.07 Å². The van der Waals surface area contributed by atoms with E-state index >= 15 is 0 Å². The Kier molecular flexibility index (Phi) is 4.86. The molecule has 2 heterocycles. The van der Waals surface area contributed by atoms with Crippen LogP contribution in [0.1, 0.15) is 23.6 Å². The number of methoxy groups -OCH3 is 1. The minimum atomic E-state index is -0.377. The molecule has 1 aliphatic heterocycles. The van der Waals surface area contributed by atoms with Crippen molar-refractivity contribution in [1.82, 2.24) is 9.97 Å². The van der Waals surface area contributed by atoms with Gasteiger partial charge < -0.3 is 25.8 Å². The Labute approximate surface area is 179 Å². The summed E-state index contributed by atoms with van der Waals surface area (Å²) in [6.07, 6.45) is 2.09. The Hall–Kier alpha value is -3.39. The van der Waals surface area contributed by atoms with Gasteiger partial charge in [-0.2, -0.15) is 0 Å². The van der Waals surface area contributed by atoms with Gasteiger partial charge in [-0.25, -0.2) is 14.4 Å². The summed E-state index contributed by atoms with van der Waals surface area (Å²) in [5.41, 5.74) is 9.95. The number of halogens is 1. The van der Waals surface area contributed by atoms with E-state index in [1.54, 1.807) is 7.11 Å². The number of hydrogen-bond donors (Lipinski definition) is 3. The average Bonchev–Trinajstić information content (AvgIpc) is 3.39. The Balaban J connectivity index is 1.32. The summed E-state index contributed by atoms with van der Waals surface area (Å²) in [6.45, 7) is 1.77. The van der Waals surface area contributed by atoms with E-state index in [1.165, 1.54) is 11.8 Å². The van der Waals surface area contributed by atoms with Crippen molar-refractivity contribution in [3.63, 3.8) is 0 Å². The standard InChI is InChI=1S/C23H24FN5O2/c1-30-8-9-31-16-5-3-15(4-6-16)28-22-26-12-19(24)21(29-22)18-11-23(18)13-27-20-10-14(25)2-7-17(20)23/h2-7,10,12,18,27H,8-9,11,13,25H2,1H3,(H,26,28,29)/t18?,23-/m0/s1.